The predicted octanol–water partition coefficient (Wildman–Crippen LogP) is -0.961. The van der Waals surface area contributed by atoms with Gasteiger partial charge in [-0.25, -0.2) is 0 Å². The Labute approximate surface area is 93.9 Å². The van der Waals surface area contributed by atoms with Gasteiger partial charge in [-0.15, -0.1) is 0 Å². The molecule has 1 N–H and O–H groups in total. The van der Waals surface area contributed by atoms with Crippen molar-refractivity contribution in [2.24, 2.45) is 0 Å². The van der Waals surface area contributed by atoms with Gasteiger partial charge >= 0.3 is 15.8 Å². The fraction of sp³-hybridized carbons (Fsp3) is 0.250. The Morgan fingerprint density at radius 3 is 2.13 bits per heavy atom. The van der Waals surface area contributed by atoms with Gasteiger partial charge in [0.05, 0.1) is 0 Å². The van der Waals surface area contributed by atoms with Crippen molar-refractivity contribution in [2.75, 3.05) is 0 Å². The molecule has 0 bridgehead atoms. The van der Waals surface area contributed by atoms with E-state index >= 15 is 0 Å². The second kappa shape index (κ2) is 4.57. The molecule has 0 aliphatic heterocycles. The van der Waals surface area contributed by atoms with Gasteiger partial charge < -0.3 is 12.4 Å². The van der Waals surface area contributed by atoms with Crippen LogP contribution >= 0.6 is 0 Å². The summed E-state index contributed by atoms with van der Waals surface area (Å²) in [6.07, 6.45) is 0. The monoisotopic (exact) mass is 248 g/mol. The van der Waals surface area contributed by atoms with Crippen molar-refractivity contribution < 1.29 is 25.4 Å². The zero-order chi connectivity index (χ0) is 10.9. The third kappa shape index (κ3) is 2.89. The second-order valence-electron chi connectivity index (χ2n) is 2.98. The number of aryl methyl sites for hydroxylation is 2. The number of halogens is 1. The lowest BCUT2D eigenvalue weighted by Gasteiger charge is -1.99. The number of hydrogen-bond donors (Lipinski definition) is 1. The third-order valence-corrected chi connectivity index (χ3v) is 2.84. The molecule has 1 aromatic rings. The van der Waals surface area contributed by atoms with Gasteiger partial charge in [0.2, 0.25) is 5.39 Å². The SMILES string of the molecule is Cc1cc([N+]#N)c(S(=O)(=O)O)cc1C.[Cl-]. The number of hydrogen-bond acceptors (Lipinski definition) is 3. The molecule has 1 aromatic carbocycles. The van der Waals surface area contributed by atoms with Crippen LogP contribution in [0.2, 0.25) is 0 Å². The van der Waals surface area contributed by atoms with Crippen molar-refractivity contribution in [1.82, 2.24) is 0 Å². The van der Waals surface area contributed by atoms with Crippen LogP contribution in [0.4, 0.5) is 5.69 Å². The van der Waals surface area contributed by atoms with Crippen LogP contribution in [0, 0.1) is 19.2 Å². The minimum Gasteiger partial charge on any atom is -1.00 e. The normalized spacial score (nSPS) is 10.3. The van der Waals surface area contributed by atoms with Crippen molar-refractivity contribution >= 4 is 15.8 Å². The zero-order valence-corrected chi connectivity index (χ0v) is 9.67. The summed E-state index contributed by atoms with van der Waals surface area (Å²) >= 11 is 0. The summed E-state index contributed by atoms with van der Waals surface area (Å²) in [5, 5.41) is 8.55. The van der Waals surface area contributed by atoms with Gasteiger partial charge in [0.25, 0.3) is 0 Å². The van der Waals surface area contributed by atoms with Crippen molar-refractivity contribution in [3.63, 3.8) is 0 Å². The highest BCUT2D eigenvalue weighted by Gasteiger charge is 2.25. The maximum atomic E-state index is 10.9. The van der Waals surface area contributed by atoms with E-state index in [9.17, 15) is 8.42 Å². The Bertz CT molecular complexity index is 519. The first kappa shape index (κ1) is 13.8. The Hall–Kier alpha value is -1.16. The summed E-state index contributed by atoms with van der Waals surface area (Å²) in [5.41, 5.74) is 1.32. The summed E-state index contributed by atoms with van der Waals surface area (Å²) in [5.74, 6) is 0. The molecular formula is C8H9ClN2O3S. The van der Waals surface area contributed by atoms with E-state index in [0.29, 0.717) is 5.56 Å². The Kier molecular flexibility index (Phi) is 4.22. The first-order valence-corrected chi connectivity index (χ1v) is 5.24. The van der Waals surface area contributed by atoms with Crippen LogP contribution in [0.1, 0.15) is 11.1 Å². The molecule has 15 heavy (non-hydrogen) atoms. The van der Waals surface area contributed by atoms with Crippen LogP contribution in [0.15, 0.2) is 17.0 Å². The first-order chi connectivity index (χ1) is 6.36. The summed E-state index contributed by atoms with van der Waals surface area (Å²) in [7, 11) is -4.34. The molecule has 0 aromatic heterocycles. The van der Waals surface area contributed by atoms with Crippen LogP contribution in [0.5, 0.6) is 0 Å². The van der Waals surface area contributed by atoms with E-state index < -0.39 is 10.1 Å². The molecule has 0 saturated carbocycles. The lowest BCUT2D eigenvalue weighted by molar-refractivity contribution is -0.00000742. The molecule has 0 fully saturated rings. The summed E-state index contributed by atoms with van der Waals surface area (Å²) < 4.78 is 30.5. The molecule has 0 spiro atoms. The third-order valence-electron chi connectivity index (χ3n) is 1.96. The predicted molar refractivity (Wildman–Crippen MR) is 50.5 cm³/mol. The van der Waals surface area contributed by atoms with E-state index in [2.05, 4.69) is 4.98 Å². The molecular weight excluding hydrogens is 240 g/mol. The average molecular weight is 249 g/mol. The molecule has 0 aliphatic carbocycles. The van der Waals surface area contributed by atoms with Gasteiger partial charge in [0, 0.05) is 6.07 Å². The van der Waals surface area contributed by atoms with Crippen molar-refractivity contribution in [3.8, 4) is 0 Å². The average Bonchev–Trinajstić information content (AvgIpc) is 2.07. The molecule has 7 heteroatoms. The van der Waals surface area contributed by atoms with Crippen LogP contribution < -0.4 is 12.4 Å². The standard InChI is InChI=1S/C8H8N2O3S.ClH/c1-5-3-7(10-9)8(4-6(5)2)14(11,12)13;/h3-4H,1-2H3;1H. The topological polar surface area (TPSA) is 82.5 Å². The minimum absolute atomic E-state index is 0. The highest BCUT2D eigenvalue weighted by molar-refractivity contribution is 7.86. The maximum Gasteiger partial charge on any atom is 0.406 e. The maximum absolute atomic E-state index is 10.9. The van der Waals surface area contributed by atoms with Gasteiger partial charge in [-0.3, -0.25) is 4.55 Å². The largest absolute Gasteiger partial charge is 1.00 e. The van der Waals surface area contributed by atoms with Crippen LogP contribution in [0.3, 0.4) is 0 Å². The van der Waals surface area contributed by atoms with E-state index in [1.165, 1.54) is 12.1 Å². The molecule has 0 saturated heterocycles. The van der Waals surface area contributed by atoms with Gasteiger partial charge in [-0.2, -0.15) is 8.42 Å². The van der Waals surface area contributed by atoms with Crippen LogP contribution in [0.25, 0.3) is 4.98 Å². The lowest BCUT2D eigenvalue weighted by atomic mass is 10.1. The van der Waals surface area contributed by atoms with Crippen molar-refractivity contribution in [2.45, 2.75) is 18.7 Å². The molecule has 0 aliphatic rings. The highest BCUT2D eigenvalue weighted by Crippen LogP contribution is 2.27. The van der Waals surface area contributed by atoms with Gasteiger partial charge in [0.1, 0.15) is 0 Å². The summed E-state index contributed by atoms with van der Waals surface area (Å²) in [6.45, 7) is 3.45. The van der Waals surface area contributed by atoms with Crippen LogP contribution in [-0.2, 0) is 10.1 Å². The highest BCUT2D eigenvalue weighted by atomic mass is 35.5. The number of benzene rings is 1. The van der Waals surface area contributed by atoms with Crippen molar-refractivity contribution in [3.05, 3.63) is 28.2 Å². The summed E-state index contributed by atoms with van der Waals surface area (Å²) in [4.78, 5) is 2.41. The Morgan fingerprint density at radius 2 is 1.73 bits per heavy atom. The Balaban J connectivity index is 0.00000196. The molecule has 0 atom stereocenters. The second-order valence-corrected chi connectivity index (χ2v) is 4.37. The molecule has 1 rings (SSSR count). The summed E-state index contributed by atoms with van der Waals surface area (Å²) in [6, 6.07) is 2.65. The number of diazo groups is 1. The quantitative estimate of drug-likeness (QED) is 0.513. The number of nitrogens with zero attached hydrogens (tertiary/aromatic N) is 2. The zero-order valence-electron chi connectivity index (χ0n) is 8.10. The molecule has 5 nitrogen and oxygen atoms in total. The van der Waals surface area contributed by atoms with Gasteiger partial charge in [-0.05, 0) is 31.0 Å². The minimum atomic E-state index is -4.34. The van der Waals surface area contributed by atoms with Crippen LogP contribution in [-0.4, -0.2) is 13.0 Å². The molecule has 0 unspecified atom stereocenters. The van der Waals surface area contributed by atoms with Gasteiger partial charge in [0.15, 0.2) is 9.87 Å². The number of rotatable bonds is 1. The fourth-order valence-corrected chi connectivity index (χ4v) is 1.75. The smallest absolute Gasteiger partial charge is 0.406 e. The van der Waals surface area contributed by atoms with E-state index in [1.807, 2.05) is 0 Å². The Morgan fingerprint density at radius 1 is 1.27 bits per heavy atom. The lowest BCUT2D eigenvalue weighted by Crippen LogP contribution is -3.00. The van der Waals surface area contributed by atoms with E-state index in [4.69, 9.17) is 9.95 Å². The van der Waals surface area contributed by atoms with E-state index in [1.54, 1.807) is 13.8 Å². The molecule has 82 valence electrons. The van der Waals surface area contributed by atoms with E-state index in [0.717, 1.165) is 5.56 Å². The molecule has 0 heterocycles. The molecule has 0 amide bonds. The van der Waals surface area contributed by atoms with Gasteiger partial charge in [-0.1, -0.05) is 0 Å². The van der Waals surface area contributed by atoms with Crippen molar-refractivity contribution in [1.29, 1.82) is 5.39 Å². The molecule has 0 radical (unpaired) electrons. The fourth-order valence-electron chi connectivity index (χ4n) is 1.06. The van der Waals surface area contributed by atoms with E-state index in [-0.39, 0.29) is 23.0 Å². The first-order valence-electron chi connectivity index (χ1n) is 3.80.